The topological polar surface area (TPSA) is 49.4 Å². The van der Waals surface area contributed by atoms with Gasteiger partial charge in [0.2, 0.25) is 5.91 Å². The molecule has 2 atom stereocenters. The van der Waals surface area contributed by atoms with Crippen LogP contribution in [0.5, 0.6) is 0 Å². The summed E-state index contributed by atoms with van der Waals surface area (Å²) in [4.78, 5) is 25.7. The number of nitrogens with zero attached hydrogens (tertiary/aromatic N) is 1. The van der Waals surface area contributed by atoms with Crippen molar-refractivity contribution >= 4 is 11.8 Å². The smallest absolute Gasteiger partial charge is 0.257 e. The zero-order valence-electron chi connectivity index (χ0n) is 11.4. The van der Waals surface area contributed by atoms with E-state index in [2.05, 4.69) is 5.32 Å². The highest BCUT2D eigenvalue weighted by Gasteiger charge is 2.41. The van der Waals surface area contributed by atoms with E-state index in [-0.39, 0.29) is 29.5 Å². The predicted molar refractivity (Wildman–Crippen MR) is 71.7 cm³/mol. The second-order valence-corrected chi connectivity index (χ2v) is 5.50. The summed E-state index contributed by atoms with van der Waals surface area (Å²) in [5.41, 5.74) is 0.809. The number of fused-ring (bicyclic) bond motifs is 1. The number of rotatable bonds is 1. The number of benzene rings is 1. The van der Waals surface area contributed by atoms with Crippen LogP contribution < -0.4 is 5.32 Å². The molecule has 2 amide bonds. The molecule has 2 heterocycles. The van der Waals surface area contributed by atoms with Gasteiger partial charge in [0, 0.05) is 13.0 Å². The van der Waals surface area contributed by atoms with Crippen LogP contribution >= 0.6 is 0 Å². The van der Waals surface area contributed by atoms with E-state index in [1.165, 1.54) is 6.07 Å². The van der Waals surface area contributed by atoms with Crippen molar-refractivity contribution in [1.29, 1.82) is 0 Å². The number of halogens is 1. The summed E-state index contributed by atoms with van der Waals surface area (Å²) in [6.07, 6.45) is 1.84. The van der Waals surface area contributed by atoms with Gasteiger partial charge in [0.1, 0.15) is 5.82 Å². The molecule has 20 heavy (non-hydrogen) atoms. The van der Waals surface area contributed by atoms with Gasteiger partial charge in [-0.25, -0.2) is 4.39 Å². The van der Waals surface area contributed by atoms with E-state index < -0.39 is 5.82 Å². The Hall–Kier alpha value is -1.91. The maximum atomic E-state index is 13.9. The number of hydrogen-bond donors (Lipinski definition) is 1. The first-order chi connectivity index (χ1) is 9.58. The van der Waals surface area contributed by atoms with Gasteiger partial charge >= 0.3 is 0 Å². The highest BCUT2D eigenvalue weighted by Crippen LogP contribution is 2.28. The van der Waals surface area contributed by atoms with Crippen LogP contribution in [0.2, 0.25) is 0 Å². The maximum Gasteiger partial charge on any atom is 0.257 e. The lowest BCUT2D eigenvalue weighted by Gasteiger charge is -2.32. The molecule has 0 unspecified atom stereocenters. The molecule has 0 radical (unpaired) electrons. The molecule has 1 aromatic carbocycles. The van der Waals surface area contributed by atoms with Gasteiger partial charge in [-0.05, 0) is 31.4 Å². The molecule has 0 saturated carbocycles. The fraction of sp³-hybridized carbons (Fsp3) is 0.467. The molecule has 1 N–H and O–H groups in total. The van der Waals surface area contributed by atoms with E-state index >= 15 is 0 Å². The van der Waals surface area contributed by atoms with Crippen LogP contribution in [0.25, 0.3) is 0 Å². The lowest BCUT2D eigenvalue weighted by molar-refractivity contribution is -0.123. The first-order valence-electron chi connectivity index (χ1n) is 6.93. The summed E-state index contributed by atoms with van der Waals surface area (Å²) < 4.78 is 13.9. The van der Waals surface area contributed by atoms with Gasteiger partial charge in [-0.3, -0.25) is 9.59 Å². The Morgan fingerprint density at radius 3 is 2.95 bits per heavy atom. The van der Waals surface area contributed by atoms with Gasteiger partial charge in [-0.2, -0.15) is 0 Å². The van der Waals surface area contributed by atoms with E-state index in [4.69, 9.17) is 0 Å². The average molecular weight is 276 g/mol. The van der Waals surface area contributed by atoms with Gasteiger partial charge in [0.15, 0.2) is 0 Å². The Labute approximate surface area is 117 Å². The summed E-state index contributed by atoms with van der Waals surface area (Å²) >= 11 is 0. The van der Waals surface area contributed by atoms with Gasteiger partial charge < -0.3 is 10.2 Å². The highest BCUT2D eigenvalue weighted by atomic mass is 19.1. The van der Waals surface area contributed by atoms with Crippen molar-refractivity contribution < 1.29 is 14.0 Å². The summed E-state index contributed by atoms with van der Waals surface area (Å²) in [5.74, 6) is -0.690. The van der Waals surface area contributed by atoms with Crippen molar-refractivity contribution in [3.05, 3.63) is 35.1 Å². The van der Waals surface area contributed by atoms with Crippen molar-refractivity contribution in [3.8, 4) is 0 Å². The third-order valence-electron chi connectivity index (χ3n) is 4.26. The molecule has 0 aliphatic carbocycles. The van der Waals surface area contributed by atoms with Crippen LogP contribution in [0.3, 0.4) is 0 Å². The van der Waals surface area contributed by atoms with E-state index in [1.54, 1.807) is 24.0 Å². The normalized spacial score (nSPS) is 25.3. The van der Waals surface area contributed by atoms with E-state index in [0.717, 1.165) is 6.42 Å². The summed E-state index contributed by atoms with van der Waals surface area (Å²) in [6.45, 7) is 2.31. The van der Waals surface area contributed by atoms with Crippen LogP contribution in [0.4, 0.5) is 4.39 Å². The van der Waals surface area contributed by atoms with Crippen LogP contribution in [0.1, 0.15) is 35.2 Å². The molecule has 2 fully saturated rings. The highest BCUT2D eigenvalue weighted by molar-refractivity contribution is 5.96. The number of nitrogens with one attached hydrogen (secondary N) is 1. The lowest BCUT2D eigenvalue weighted by Crippen LogP contribution is -2.51. The van der Waals surface area contributed by atoms with Gasteiger partial charge in [-0.1, -0.05) is 12.1 Å². The van der Waals surface area contributed by atoms with Crippen molar-refractivity contribution in [2.45, 2.75) is 38.3 Å². The molecule has 0 spiro atoms. The second kappa shape index (κ2) is 4.89. The van der Waals surface area contributed by atoms with E-state index in [0.29, 0.717) is 24.9 Å². The van der Waals surface area contributed by atoms with Gasteiger partial charge in [0.05, 0.1) is 17.6 Å². The van der Waals surface area contributed by atoms with Crippen molar-refractivity contribution in [3.63, 3.8) is 0 Å². The van der Waals surface area contributed by atoms with Crippen molar-refractivity contribution in [2.75, 3.05) is 6.54 Å². The summed E-state index contributed by atoms with van der Waals surface area (Å²) in [7, 11) is 0. The Balaban J connectivity index is 1.87. The van der Waals surface area contributed by atoms with Gasteiger partial charge in [-0.15, -0.1) is 0 Å². The monoisotopic (exact) mass is 276 g/mol. The summed E-state index contributed by atoms with van der Waals surface area (Å²) in [6, 6.07) is 4.68. The molecule has 5 heteroatoms. The minimum atomic E-state index is -0.474. The molecule has 2 saturated heterocycles. The molecule has 3 rings (SSSR count). The Morgan fingerprint density at radius 2 is 2.20 bits per heavy atom. The average Bonchev–Trinajstić information content (AvgIpc) is 2.81. The standard InChI is InChI=1S/C15H17FN2O2/c1-9-3-2-4-10(16)14(9)15(20)18-8-7-11-12(18)5-6-13(19)17-11/h2-4,11-12H,5-8H2,1H3,(H,17,19)/t11-,12-/m0/s1. The fourth-order valence-electron chi connectivity index (χ4n) is 3.24. The predicted octanol–water partition coefficient (Wildman–Crippen LogP) is 1.63. The zero-order chi connectivity index (χ0) is 14.3. The third kappa shape index (κ3) is 2.07. The minimum absolute atomic E-state index is 0.000735. The summed E-state index contributed by atoms with van der Waals surface area (Å²) in [5, 5.41) is 2.92. The molecule has 2 aliphatic heterocycles. The number of hydrogen-bond acceptors (Lipinski definition) is 2. The molecular formula is C15H17FN2O2. The fourth-order valence-corrected chi connectivity index (χ4v) is 3.24. The molecule has 4 nitrogen and oxygen atoms in total. The lowest BCUT2D eigenvalue weighted by atomic mass is 9.98. The molecular weight excluding hydrogens is 259 g/mol. The Bertz CT molecular complexity index is 553. The Morgan fingerprint density at radius 1 is 1.40 bits per heavy atom. The van der Waals surface area contributed by atoms with E-state index in [9.17, 15) is 14.0 Å². The second-order valence-electron chi connectivity index (χ2n) is 5.50. The third-order valence-corrected chi connectivity index (χ3v) is 4.26. The molecule has 106 valence electrons. The number of piperidine rings is 1. The molecule has 2 aliphatic rings. The Kier molecular flexibility index (Phi) is 3.20. The quantitative estimate of drug-likeness (QED) is 0.847. The molecule has 1 aromatic rings. The number of carbonyl (C=O) groups excluding carboxylic acids is 2. The largest absolute Gasteiger partial charge is 0.351 e. The number of likely N-dealkylation sites (tertiary alicyclic amines) is 1. The molecule has 0 aromatic heterocycles. The van der Waals surface area contributed by atoms with E-state index in [1.807, 2.05) is 0 Å². The number of carbonyl (C=O) groups is 2. The first-order valence-corrected chi connectivity index (χ1v) is 6.93. The first kappa shape index (κ1) is 13.1. The maximum absolute atomic E-state index is 13.9. The number of aryl methyl sites for hydroxylation is 1. The van der Waals surface area contributed by atoms with Crippen molar-refractivity contribution in [1.82, 2.24) is 10.2 Å². The van der Waals surface area contributed by atoms with Crippen LogP contribution in [-0.4, -0.2) is 35.3 Å². The minimum Gasteiger partial charge on any atom is -0.351 e. The molecule has 0 bridgehead atoms. The van der Waals surface area contributed by atoms with Gasteiger partial charge in [0.25, 0.3) is 5.91 Å². The van der Waals surface area contributed by atoms with Crippen molar-refractivity contribution in [2.24, 2.45) is 0 Å². The van der Waals surface area contributed by atoms with Crippen LogP contribution in [0.15, 0.2) is 18.2 Å². The zero-order valence-corrected chi connectivity index (χ0v) is 11.4. The number of amides is 2. The van der Waals surface area contributed by atoms with Crippen LogP contribution in [-0.2, 0) is 4.79 Å². The van der Waals surface area contributed by atoms with Crippen LogP contribution in [0, 0.1) is 12.7 Å². The SMILES string of the molecule is Cc1cccc(F)c1C(=O)N1CC[C@@H]2NC(=O)CC[C@@H]21.